The molecule has 5 heteroatoms. The van der Waals surface area contributed by atoms with Crippen molar-refractivity contribution in [2.75, 3.05) is 0 Å². The number of benzene rings is 1. The highest BCUT2D eigenvalue weighted by molar-refractivity contribution is 5.51. The second kappa shape index (κ2) is 1.85. The van der Waals surface area contributed by atoms with E-state index in [0.717, 1.165) is 0 Å². The maximum absolute atomic E-state index is 10.8. The number of rotatable bonds is 0. The summed E-state index contributed by atoms with van der Waals surface area (Å²) in [6.45, 7) is 0. The fraction of sp³-hybridized carbons (Fsp3) is 0. The minimum Gasteiger partial charge on any atom is -0.607 e. The third-order valence-corrected chi connectivity index (χ3v) is 1.47. The van der Waals surface area contributed by atoms with Crippen LogP contribution in [0.5, 0.6) is 0 Å². The van der Waals surface area contributed by atoms with Crippen molar-refractivity contribution in [1.82, 2.24) is 0 Å². The molecule has 0 bridgehead atoms. The molecule has 11 heavy (non-hydrogen) atoms. The van der Waals surface area contributed by atoms with E-state index in [9.17, 15) is 5.21 Å². The van der Waals surface area contributed by atoms with E-state index >= 15 is 0 Å². The fourth-order valence-corrected chi connectivity index (χ4v) is 0.968. The first-order valence-electron chi connectivity index (χ1n) is 3.06. The SMILES string of the molecule is [N-]=[N+]1N=[N+]([O-])c2ccccc21. The summed E-state index contributed by atoms with van der Waals surface area (Å²) in [5.41, 5.74) is 9.74. The molecule has 1 aliphatic rings. The van der Waals surface area contributed by atoms with Gasteiger partial charge in [-0.3, -0.25) is 0 Å². The molecule has 54 valence electrons. The average Bonchev–Trinajstić information content (AvgIpc) is 2.30. The summed E-state index contributed by atoms with van der Waals surface area (Å²) >= 11 is 0. The summed E-state index contributed by atoms with van der Waals surface area (Å²) in [7, 11) is 0. The standard InChI is InChI=1S/C6H4N4O/c7-9-5-3-1-2-4-6(5)10(11)8-9/h1-4H. The zero-order chi connectivity index (χ0) is 7.84. The van der Waals surface area contributed by atoms with E-state index in [1.807, 2.05) is 0 Å². The van der Waals surface area contributed by atoms with E-state index in [0.29, 0.717) is 21.0 Å². The van der Waals surface area contributed by atoms with Gasteiger partial charge in [0.15, 0.2) is 0 Å². The van der Waals surface area contributed by atoms with Crippen LogP contribution < -0.4 is 0 Å². The van der Waals surface area contributed by atoms with Gasteiger partial charge in [-0.15, -0.1) is 5.53 Å². The lowest BCUT2D eigenvalue weighted by Gasteiger charge is -1.89. The molecule has 1 heterocycles. The molecule has 0 saturated heterocycles. The van der Waals surface area contributed by atoms with Gasteiger partial charge in [0.05, 0.1) is 5.22 Å². The van der Waals surface area contributed by atoms with Crippen molar-refractivity contribution < 1.29 is 9.67 Å². The van der Waals surface area contributed by atoms with Crippen molar-refractivity contribution in [2.45, 2.75) is 0 Å². The molecule has 5 nitrogen and oxygen atoms in total. The number of nitrogens with zero attached hydrogens (tertiary/aromatic N) is 4. The third kappa shape index (κ3) is 0.706. The molecule has 0 unspecified atom stereocenters. The van der Waals surface area contributed by atoms with E-state index in [4.69, 9.17) is 5.53 Å². The Hall–Kier alpha value is -1.78. The maximum atomic E-state index is 10.8. The number of hydrogen-bond acceptors (Lipinski definition) is 1. The minimum absolute atomic E-state index is 0.356. The van der Waals surface area contributed by atoms with Gasteiger partial charge in [0.25, 0.3) is 0 Å². The Morgan fingerprint density at radius 2 is 1.91 bits per heavy atom. The van der Waals surface area contributed by atoms with Crippen LogP contribution >= 0.6 is 0 Å². The number of para-hydroxylation sites is 2. The van der Waals surface area contributed by atoms with Gasteiger partial charge in [-0.25, -0.2) is 0 Å². The maximum Gasteiger partial charge on any atom is 0.304 e. The van der Waals surface area contributed by atoms with E-state index in [1.165, 1.54) is 0 Å². The second-order valence-electron chi connectivity index (χ2n) is 2.14. The fourth-order valence-electron chi connectivity index (χ4n) is 0.968. The van der Waals surface area contributed by atoms with Crippen LogP contribution in [0.15, 0.2) is 29.5 Å². The molecule has 0 radical (unpaired) electrons. The molecule has 0 atom stereocenters. The summed E-state index contributed by atoms with van der Waals surface area (Å²) in [6.07, 6.45) is 0. The van der Waals surface area contributed by atoms with Crippen LogP contribution in [0.2, 0.25) is 0 Å². The monoisotopic (exact) mass is 148 g/mol. The van der Waals surface area contributed by atoms with Gasteiger partial charge in [0.1, 0.15) is 0 Å². The minimum atomic E-state index is 0.356. The largest absolute Gasteiger partial charge is 0.607 e. The molecule has 1 aromatic carbocycles. The lowest BCUT2D eigenvalue weighted by molar-refractivity contribution is -0.599. The van der Waals surface area contributed by atoms with E-state index < -0.39 is 0 Å². The summed E-state index contributed by atoms with van der Waals surface area (Å²) in [5.74, 6) is 0. The van der Waals surface area contributed by atoms with Crippen molar-refractivity contribution in [3.63, 3.8) is 0 Å². The van der Waals surface area contributed by atoms with E-state index in [1.54, 1.807) is 24.3 Å². The molecule has 0 saturated carbocycles. The molecular weight excluding hydrogens is 144 g/mol. The zero-order valence-corrected chi connectivity index (χ0v) is 5.51. The van der Waals surface area contributed by atoms with Gasteiger partial charge in [-0.2, -0.15) is 0 Å². The summed E-state index contributed by atoms with van der Waals surface area (Å²) < 4.78 is 0. The Bertz CT molecular complexity index is 357. The molecule has 0 N–H and O–H groups in total. The third-order valence-electron chi connectivity index (χ3n) is 1.47. The normalized spacial score (nSPS) is 14.5. The first kappa shape index (κ1) is 5.96. The molecule has 1 aromatic rings. The second-order valence-corrected chi connectivity index (χ2v) is 2.14. The highest BCUT2D eigenvalue weighted by Crippen LogP contribution is 2.31. The number of hydrogen-bond donors (Lipinski definition) is 0. The summed E-state index contributed by atoms with van der Waals surface area (Å²) in [5, 5.41) is 14.0. The molecule has 0 aromatic heterocycles. The van der Waals surface area contributed by atoms with Crippen LogP contribution in [0.1, 0.15) is 0 Å². The van der Waals surface area contributed by atoms with Gasteiger partial charge in [-0.05, 0) is 0 Å². The van der Waals surface area contributed by atoms with Crippen LogP contribution in [0.4, 0.5) is 11.4 Å². The number of fused-ring (bicyclic) bond motifs is 1. The zero-order valence-electron chi connectivity index (χ0n) is 5.51. The van der Waals surface area contributed by atoms with E-state index in [-0.39, 0.29) is 0 Å². The quantitative estimate of drug-likeness (QED) is 0.409. The Labute approximate surface area is 62.2 Å². The first-order valence-corrected chi connectivity index (χ1v) is 3.06. The van der Waals surface area contributed by atoms with Crippen LogP contribution in [0, 0.1) is 5.21 Å². The van der Waals surface area contributed by atoms with Gasteiger partial charge in [0, 0.05) is 12.1 Å². The van der Waals surface area contributed by atoms with Gasteiger partial charge < -0.3 is 5.21 Å². The highest BCUT2D eigenvalue weighted by atomic mass is 16.5. The van der Waals surface area contributed by atoms with Crippen molar-refractivity contribution in [3.05, 3.63) is 35.0 Å². The van der Waals surface area contributed by atoms with Crippen LogP contribution in [-0.2, 0) is 0 Å². The highest BCUT2D eigenvalue weighted by Gasteiger charge is 2.24. The Balaban J connectivity index is 2.71. The molecule has 0 amide bonds. The molecule has 0 aliphatic carbocycles. The molecule has 0 fully saturated rings. The summed E-state index contributed by atoms with van der Waals surface area (Å²) in [6, 6.07) is 6.62. The molecular formula is C6H4N4O. The Kier molecular flexibility index (Phi) is 1.00. The molecule has 2 rings (SSSR count). The van der Waals surface area contributed by atoms with Gasteiger partial charge >= 0.3 is 11.4 Å². The Morgan fingerprint density at radius 1 is 1.27 bits per heavy atom. The lowest BCUT2D eigenvalue weighted by Crippen LogP contribution is -1.83. The smallest absolute Gasteiger partial charge is 0.304 e. The van der Waals surface area contributed by atoms with Gasteiger partial charge in [-0.1, -0.05) is 21.8 Å². The first-order chi connectivity index (χ1) is 5.29. The lowest BCUT2D eigenvalue weighted by atomic mass is 10.3. The van der Waals surface area contributed by atoms with Crippen LogP contribution in [0.25, 0.3) is 5.53 Å². The Morgan fingerprint density at radius 3 is 2.55 bits per heavy atom. The molecule has 0 spiro atoms. The predicted molar refractivity (Wildman–Crippen MR) is 35.4 cm³/mol. The van der Waals surface area contributed by atoms with Crippen molar-refractivity contribution in [1.29, 1.82) is 0 Å². The summed E-state index contributed by atoms with van der Waals surface area (Å²) in [4.78, 5) is 0.928. The van der Waals surface area contributed by atoms with Crippen molar-refractivity contribution >= 4 is 11.4 Å². The predicted octanol–water partition coefficient (Wildman–Crippen LogP) is 1.87. The average molecular weight is 148 g/mol. The van der Waals surface area contributed by atoms with Crippen LogP contribution in [-0.4, -0.2) is 9.67 Å². The van der Waals surface area contributed by atoms with E-state index in [2.05, 4.69) is 5.22 Å². The topological polar surface area (TPSA) is 63.7 Å². The van der Waals surface area contributed by atoms with Crippen molar-refractivity contribution in [2.24, 2.45) is 5.22 Å². The van der Waals surface area contributed by atoms with Gasteiger partial charge in [0.2, 0.25) is 0 Å². The van der Waals surface area contributed by atoms with Crippen molar-refractivity contribution in [3.8, 4) is 0 Å². The van der Waals surface area contributed by atoms with Crippen LogP contribution in [0.3, 0.4) is 0 Å². The molecule has 1 aliphatic heterocycles.